The summed E-state index contributed by atoms with van der Waals surface area (Å²) in [5, 5.41) is 3.55. The number of rotatable bonds is 4. The fourth-order valence-corrected chi connectivity index (χ4v) is 1.89. The Bertz CT molecular complexity index is 358. The standard InChI is InChI=1S/C16H27N/c1-12(2)14-8-7-13(3)15(11-14)9-10-17-16(4,5)6/h7-8,11-12,17H,9-10H2,1-6H3. The molecule has 0 heterocycles. The van der Waals surface area contributed by atoms with Crippen molar-refractivity contribution in [2.24, 2.45) is 0 Å². The average molecular weight is 233 g/mol. The molecule has 0 aliphatic heterocycles. The van der Waals surface area contributed by atoms with Gasteiger partial charge >= 0.3 is 0 Å². The first-order chi connectivity index (χ1) is 7.79. The zero-order valence-corrected chi connectivity index (χ0v) is 12.2. The first-order valence-electron chi connectivity index (χ1n) is 6.64. The van der Waals surface area contributed by atoms with Crippen LogP contribution in [0.5, 0.6) is 0 Å². The van der Waals surface area contributed by atoms with E-state index in [2.05, 4.69) is 65.1 Å². The lowest BCUT2D eigenvalue weighted by Gasteiger charge is -2.21. The van der Waals surface area contributed by atoms with Gasteiger partial charge in [-0.3, -0.25) is 0 Å². The second kappa shape index (κ2) is 5.68. The Morgan fingerprint density at radius 1 is 1.18 bits per heavy atom. The third kappa shape index (κ3) is 4.91. The Morgan fingerprint density at radius 2 is 1.82 bits per heavy atom. The maximum absolute atomic E-state index is 3.55. The van der Waals surface area contributed by atoms with Crippen LogP contribution in [0.4, 0.5) is 0 Å². The lowest BCUT2D eigenvalue weighted by atomic mass is 9.96. The second-order valence-electron chi connectivity index (χ2n) is 6.27. The molecule has 0 atom stereocenters. The molecule has 0 aliphatic rings. The molecule has 1 nitrogen and oxygen atoms in total. The van der Waals surface area contributed by atoms with Crippen LogP contribution in [-0.4, -0.2) is 12.1 Å². The largest absolute Gasteiger partial charge is 0.312 e. The summed E-state index contributed by atoms with van der Waals surface area (Å²) in [7, 11) is 0. The van der Waals surface area contributed by atoms with Gasteiger partial charge in [0.1, 0.15) is 0 Å². The van der Waals surface area contributed by atoms with Gasteiger partial charge in [0.15, 0.2) is 0 Å². The highest BCUT2D eigenvalue weighted by atomic mass is 14.9. The van der Waals surface area contributed by atoms with E-state index in [1.165, 1.54) is 16.7 Å². The van der Waals surface area contributed by atoms with Gasteiger partial charge in [0.2, 0.25) is 0 Å². The van der Waals surface area contributed by atoms with E-state index in [9.17, 15) is 0 Å². The second-order valence-corrected chi connectivity index (χ2v) is 6.27. The lowest BCUT2D eigenvalue weighted by molar-refractivity contribution is 0.429. The highest BCUT2D eigenvalue weighted by Gasteiger charge is 2.09. The Kier molecular flexibility index (Phi) is 4.76. The molecule has 1 N–H and O–H groups in total. The first kappa shape index (κ1) is 14.2. The van der Waals surface area contributed by atoms with Gasteiger partial charge in [0.25, 0.3) is 0 Å². The van der Waals surface area contributed by atoms with Gasteiger partial charge in [-0.25, -0.2) is 0 Å². The van der Waals surface area contributed by atoms with E-state index in [0.29, 0.717) is 5.92 Å². The van der Waals surface area contributed by atoms with Crippen molar-refractivity contribution < 1.29 is 0 Å². The molecule has 0 aromatic heterocycles. The van der Waals surface area contributed by atoms with Crippen molar-refractivity contribution in [3.8, 4) is 0 Å². The molecule has 0 saturated heterocycles. The van der Waals surface area contributed by atoms with Gasteiger partial charge in [-0.05, 0) is 63.3 Å². The number of hydrogen-bond donors (Lipinski definition) is 1. The quantitative estimate of drug-likeness (QED) is 0.827. The molecule has 0 spiro atoms. The summed E-state index contributed by atoms with van der Waals surface area (Å²) in [4.78, 5) is 0. The molecule has 17 heavy (non-hydrogen) atoms. The van der Waals surface area contributed by atoms with Gasteiger partial charge in [-0.2, -0.15) is 0 Å². The summed E-state index contributed by atoms with van der Waals surface area (Å²) in [6.45, 7) is 14.4. The summed E-state index contributed by atoms with van der Waals surface area (Å²) in [5.41, 5.74) is 4.54. The summed E-state index contributed by atoms with van der Waals surface area (Å²) in [6.07, 6.45) is 1.11. The van der Waals surface area contributed by atoms with Crippen LogP contribution in [0.2, 0.25) is 0 Å². The predicted octanol–water partition coefficient (Wildman–Crippen LogP) is 4.05. The number of aryl methyl sites for hydroxylation is 1. The average Bonchev–Trinajstić information content (AvgIpc) is 2.18. The highest BCUT2D eigenvalue weighted by molar-refractivity contribution is 5.32. The molecular weight excluding hydrogens is 206 g/mol. The highest BCUT2D eigenvalue weighted by Crippen LogP contribution is 2.19. The number of nitrogens with one attached hydrogen (secondary N) is 1. The topological polar surface area (TPSA) is 12.0 Å². The third-order valence-electron chi connectivity index (χ3n) is 3.09. The van der Waals surface area contributed by atoms with Crippen LogP contribution in [0.15, 0.2) is 18.2 Å². The van der Waals surface area contributed by atoms with Crippen LogP contribution in [0.25, 0.3) is 0 Å². The molecule has 96 valence electrons. The Balaban J connectivity index is 2.67. The minimum absolute atomic E-state index is 0.212. The van der Waals surface area contributed by atoms with E-state index < -0.39 is 0 Å². The van der Waals surface area contributed by atoms with Gasteiger partial charge in [-0.15, -0.1) is 0 Å². The Labute approximate surface area is 107 Å². The normalized spacial score (nSPS) is 12.2. The lowest BCUT2D eigenvalue weighted by Crippen LogP contribution is -2.37. The van der Waals surface area contributed by atoms with E-state index in [4.69, 9.17) is 0 Å². The van der Waals surface area contributed by atoms with Gasteiger partial charge < -0.3 is 5.32 Å². The number of hydrogen-bond acceptors (Lipinski definition) is 1. The van der Waals surface area contributed by atoms with E-state index >= 15 is 0 Å². The summed E-state index contributed by atoms with van der Waals surface area (Å²) in [6, 6.07) is 6.87. The van der Waals surface area contributed by atoms with Crippen molar-refractivity contribution in [2.75, 3.05) is 6.54 Å². The fourth-order valence-electron chi connectivity index (χ4n) is 1.89. The third-order valence-corrected chi connectivity index (χ3v) is 3.09. The van der Waals surface area contributed by atoms with Gasteiger partial charge in [0, 0.05) is 5.54 Å². The van der Waals surface area contributed by atoms with Crippen molar-refractivity contribution in [1.29, 1.82) is 0 Å². The van der Waals surface area contributed by atoms with Crippen molar-refractivity contribution >= 4 is 0 Å². The monoisotopic (exact) mass is 233 g/mol. The molecule has 0 amide bonds. The van der Waals surface area contributed by atoms with Crippen LogP contribution in [0, 0.1) is 6.92 Å². The van der Waals surface area contributed by atoms with Crippen molar-refractivity contribution in [3.63, 3.8) is 0 Å². The van der Waals surface area contributed by atoms with Crippen LogP contribution in [0.3, 0.4) is 0 Å². The summed E-state index contributed by atoms with van der Waals surface area (Å²) in [5.74, 6) is 0.616. The minimum Gasteiger partial charge on any atom is -0.312 e. The molecule has 1 aromatic rings. The molecule has 0 bridgehead atoms. The SMILES string of the molecule is Cc1ccc(C(C)C)cc1CCNC(C)(C)C. The van der Waals surface area contributed by atoms with E-state index in [1.807, 2.05) is 0 Å². The van der Waals surface area contributed by atoms with Crippen LogP contribution in [-0.2, 0) is 6.42 Å². The minimum atomic E-state index is 0.212. The van der Waals surface area contributed by atoms with Crippen LogP contribution in [0.1, 0.15) is 57.2 Å². The van der Waals surface area contributed by atoms with E-state index in [1.54, 1.807) is 0 Å². The zero-order chi connectivity index (χ0) is 13.1. The van der Waals surface area contributed by atoms with E-state index in [-0.39, 0.29) is 5.54 Å². The fraction of sp³-hybridized carbons (Fsp3) is 0.625. The smallest absolute Gasteiger partial charge is 0.00966 e. The first-order valence-corrected chi connectivity index (χ1v) is 6.64. The number of benzene rings is 1. The van der Waals surface area contributed by atoms with Gasteiger partial charge in [-0.1, -0.05) is 32.0 Å². The molecular formula is C16H27N. The van der Waals surface area contributed by atoms with Crippen LogP contribution < -0.4 is 5.32 Å². The molecule has 0 aliphatic carbocycles. The van der Waals surface area contributed by atoms with E-state index in [0.717, 1.165) is 13.0 Å². The molecule has 1 aromatic carbocycles. The summed E-state index contributed by atoms with van der Waals surface area (Å²) >= 11 is 0. The Morgan fingerprint density at radius 3 is 2.35 bits per heavy atom. The molecule has 0 unspecified atom stereocenters. The summed E-state index contributed by atoms with van der Waals surface area (Å²) < 4.78 is 0. The molecule has 0 saturated carbocycles. The van der Waals surface area contributed by atoms with Gasteiger partial charge in [0.05, 0.1) is 0 Å². The zero-order valence-electron chi connectivity index (χ0n) is 12.2. The van der Waals surface area contributed by atoms with Crippen LogP contribution >= 0.6 is 0 Å². The van der Waals surface area contributed by atoms with Crippen molar-refractivity contribution in [1.82, 2.24) is 5.32 Å². The maximum atomic E-state index is 3.55. The molecule has 0 radical (unpaired) electrons. The molecule has 0 fully saturated rings. The molecule has 1 rings (SSSR count). The van der Waals surface area contributed by atoms with Crippen molar-refractivity contribution in [3.05, 3.63) is 34.9 Å². The Hall–Kier alpha value is -0.820. The predicted molar refractivity (Wildman–Crippen MR) is 76.7 cm³/mol. The van der Waals surface area contributed by atoms with Crippen molar-refractivity contribution in [2.45, 2.75) is 59.4 Å². The molecule has 1 heteroatoms. The maximum Gasteiger partial charge on any atom is 0.00966 e.